The summed E-state index contributed by atoms with van der Waals surface area (Å²) in [6, 6.07) is 5.87. The molecule has 0 radical (unpaired) electrons. The number of rotatable bonds is 6. The third-order valence-electron chi connectivity index (χ3n) is 3.12. The molecule has 0 aliphatic carbocycles. The van der Waals surface area contributed by atoms with Gasteiger partial charge in [0, 0.05) is 4.83 Å². The summed E-state index contributed by atoms with van der Waals surface area (Å²) in [4.78, 5) is 14.1. The molecule has 98 valence electrons. The highest BCUT2D eigenvalue weighted by Gasteiger charge is 2.09. The van der Waals surface area contributed by atoms with E-state index in [1.54, 1.807) is 0 Å². The van der Waals surface area contributed by atoms with Crippen molar-refractivity contribution in [3.05, 3.63) is 34.3 Å². The standard InChI is InChI=1S/C14H18BrNO2/c1-2-3-4-5-6-11(15)10-7-8-12-13(9-10)18-14(17)16-12/h7-9,11H,2-6H2,1H3,(H,16,17). The summed E-state index contributed by atoms with van der Waals surface area (Å²) in [5, 5.41) is 0. The lowest BCUT2D eigenvalue weighted by Gasteiger charge is -2.09. The molecule has 0 fully saturated rings. The molecular formula is C14H18BrNO2. The lowest BCUT2D eigenvalue weighted by molar-refractivity contribution is 0.554. The van der Waals surface area contributed by atoms with Gasteiger partial charge >= 0.3 is 5.76 Å². The zero-order valence-electron chi connectivity index (χ0n) is 10.5. The van der Waals surface area contributed by atoms with E-state index in [2.05, 4.69) is 27.8 Å². The molecule has 2 aromatic rings. The number of H-pyrrole nitrogens is 1. The fourth-order valence-electron chi connectivity index (χ4n) is 2.07. The second-order valence-electron chi connectivity index (χ2n) is 4.59. The van der Waals surface area contributed by atoms with E-state index >= 15 is 0 Å². The van der Waals surface area contributed by atoms with Crippen LogP contribution in [0.5, 0.6) is 0 Å². The zero-order valence-corrected chi connectivity index (χ0v) is 12.1. The molecule has 1 atom stereocenters. The van der Waals surface area contributed by atoms with E-state index in [1.807, 2.05) is 18.2 Å². The Labute approximate surface area is 115 Å². The van der Waals surface area contributed by atoms with Crippen LogP contribution in [0, 0.1) is 0 Å². The number of fused-ring (bicyclic) bond motifs is 1. The normalized spacial score (nSPS) is 13.0. The van der Waals surface area contributed by atoms with Gasteiger partial charge in [-0.1, -0.05) is 54.6 Å². The Morgan fingerprint density at radius 3 is 2.94 bits per heavy atom. The van der Waals surface area contributed by atoms with Crippen molar-refractivity contribution in [1.82, 2.24) is 4.98 Å². The van der Waals surface area contributed by atoms with Gasteiger partial charge in [-0.25, -0.2) is 4.79 Å². The maximum absolute atomic E-state index is 11.1. The largest absolute Gasteiger partial charge is 0.417 e. The molecule has 18 heavy (non-hydrogen) atoms. The van der Waals surface area contributed by atoms with Gasteiger partial charge in [0.05, 0.1) is 5.52 Å². The second-order valence-corrected chi connectivity index (χ2v) is 5.69. The molecule has 1 heterocycles. The summed E-state index contributed by atoms with van der Waals surface area (Å²) < 4.78 is 5.07. The molecule has 0 spiro atoms. The predicted octanol–water partition coefficient (Wildman–Crippen LogP) is 4.53. The van der Waals surface area contributed by atoms with Crippen molar-refractivity contribution in [2.24, 2.45) is 0 Å². The number of hydrogen-bond donors (Lipinski definition) is 1. The second kappa shape index (κ2) is 6.23. The maximum atomic E-state index is 11.1. The van der Waals surface area contributed by atoms with E-state index in [0.717, 1.165) is 11.9 Å². The summed E-state index contributed by atoms with van der Waals surface area (Å²) in [6.45, 7) is 2.22. The first-order valence-electron chi connectivity index (χ1n) is 6.47. The van der Waals surface area contributed by atoms with Crippen LogP contribution in [0.15, 0.2) is 27.4 Å². The van der Waals surface area contributed by atoms with Crippen LogP contribution < -0.4 is 5.76 Å². The van der Waals surface area contributed by atoms with Gasteiger partial charge < -0.3 is 4.42 Å². The molecule has 1 aromatic carbocycles. The minimum Gasteiger partial charge on any atom is -0.408 e. The number of halogens is 1. The first-order valence-corrected chi connectivity index (χ1v) is 7.39. The molecule has 3 nitrogen and oxygen atoms in total. The van der Waals surface area contributed by atoms with Gasteiger partial charge in [-0.05, 0) is 24.1 Å². The molecule has 1 N–H and O–H groups in total. The number of unbranched alkanes of at least 4 members (excludes halogenated alkanes) is 3. The van der Waals surface area contributed by atoms with E-state index in [1.165, 1.54) is 31.2 Å². The Hall–Kier alpha value is -1.03. The van der Waals surface area contributed by atoms with E-state index in [9.17, 15) is 4.79 Å². The smallest absolute Gasteiger partial charge is 0.408 e. The van der Waals surface area contributed by atoms with Crippen molar-refractivity contribution in [1.29, 1.82) is 0 Å². The third kappa shape index (κ3) is 3.25. The SMILES string of the molecule is CCCCCCC(Br)c1ccc2[nH]c(=O)oc2c1. The molecule has 0 aliphatic rings. The Bertz CT molecular complexity index is 558. The Morgan fingerprint density at radius 1 is 1.33 bits per heavy atom. The third-order valence-corrected chi connectivity index (χ3v) is 4.10. The summed E-state index contributed by atoms with van der Waals surface area (Å²) >= 11 is 3.70. The average molecular weight is 312 g/mol. The Kier molecular flexibility index (Phi) is 4.64. The molecule has 1 unspecified atom stereocenters. The molecule has 0 amide bonds. The van der Waals surface area contributed by atoms with Crippen LogP contribution >= 0.6 is 15.9 Å². The van der Waals surface area contributed by atoms with Crippen molar-refractivity contribution in [2.45, 2.75) is 43.9 Å². The number of benzene rings is 1. The van der Waals surface area contributed by atoms with Gasteiger partial charge in [0.2, 0.25) is 0 Å². The van der Waals surface area contributed by atoms with Gasteiger partial charge in [-0.3, -0.25) is 4.98 Å². The number of aromatic amines is 1. The average Bonchev–Trinajstić information content (AvgIpc) is 2.73. The monoisotopic (exact) mass is 311 g/mol. The number of hydrogen-bond acceptors (Lipinski definition) is 2. The van der Waals surface area contributed by atoms with E-state index in [4.69, 9.17) is 4.42 Å². The first kappa shape index (κ1) is 13.4. The molecule has 2 rings (SSSR count). The fraction of sp³-hybridized carbons (Fsp3) is 0.500. The Morgan fingerprint density at radius 2 is 2.17 bits per heavy atom. The van der Waals surface area contributed by atoms with Crippen LogP contribution in [0.2, 0.25) is 0 Å². The van der Waals surface area contributed by atoms with Crippen molar-refractivity contribution >= 4 is 27.0 Å². The summed E-state index contributed by atoms with van der Waals surface area (Å²) in [6.07, 6.45) is 6.16. The molecule has 0 aliphatic heterocycles. The van der Waals surface area contributed by atoms with E-state index in [-0.39, 0.29) is 0 Å². The van der Waals surface area contributed by atoms with Gasteiger partial charge in [-0.2, -0.15) is 0 Å². The van der Waals surface area contributed by atoms with Crippen molar-refractivity contribution in [3.8, 4) is 0 Å². The minimum atomic E-state index is -0.392. The van der Waals surface area contributed by atoms with Crippen molar-refractivity contribution in [2.75, 3.05) is 0 Å². The Balaban J connectivity index is 2.03. The number of oxazole rings is 1. The first-order chi connectivity index (χ1) is 8.70. The van der Waals surface area contributed by atoms with Crippen LogP contribution in [0.3, 0.4) is 0 Å². The van der Waals surface area contributed by atoms with Gasteiger partial charge in [0.15, 0.2) is 5.58 Å². The van der Waals surface area contributed by atoms with Gasteiger partial charge in [0.25, 0.3) is 0 Å². The topological polar surface area (TPSA) is 46.0 Å². The van der Waals surface area contributed by atoms with Crippen LogP contribution in [0.1, 0.15) is 49.4 Å². The van der Waals surface area contributed by atoms with Crippen LogP contribution in [0.4, 0.5) is 0 Å². The molecule has 0 saturated carbocycles. The zero-order chi connectivity index (χ0) is 13.0. The van der Waals surface area contributed by atoms with Crippen LogP contribution in [0.25, 0.3) is 11.1 Å². The highest BCUT2D eigenvalue weighted by molar-refractivity contribution is 9.09. The van der Waals surface area contributed by atoms with Crippen LogP contribution in [-0.2, 0) is 0 Å². The summed E-state index contributed by atoms with van der Waals surface area (Å²) in [5.41, 5.74) is 2.56. The molecule has 4 heteroatoms. The number of alkyl halides is 1. The molecule has 0 saturated heterocycles. The molecular weight excluding hydrogens is 294 g/mol. The maximum Gasteiger partial charge on any atom is 0.417 e. The number of nitrogens with one attached hydrogen (secondary N) is 1. The van der Waals surface area contributed by atoms with Gasteiger partial charge in [0.1, 0.15) is 0 Å². The molecule has 0 bridgehead atoms. The van der Waals surface area contributed by atoms with Crippen molar-refractivity contribution < 1.29 is 4.42 Å². The van der Waals surface area contributed by atoms with E-state index in [0.29, 0.717) is 10.4 Å². The minimum absolute atomic E-state index is 0.332. The van der Waals surface area contributed by atoms with Gasteiger partial charge in [-0.15, -0.1) is 0 Å². The fourth-order valence-corrected chi connectivity index (χ4v) is 2.68. The van der Waals surface area contributed by atoms with Crippen LogP contribution in [-0.4, -0.2) is 4.98 Å². The summed E-state index contributed by atoms with van der Waals surface area (Å²) in [7, 11) is 0. The van der Waals surface area contributed by atoms with E-state index < -0.39 is 5.76 Å². The number of aromatic nitrogens is 1. The van der Waals surface area contributed by atoms with Crippen molar-refractivity contribution in [3.63, 3.8) is 0 Å². The quantitative estimate of drug-likeness (QED) is 0.629. The lowest BCUT2D eigenvalue weighted by atomic mass is 10.1. The highest BCUT2D eigenvalue weighted by Crippen LogP contribution is 2.30. The predicted molar refractivity (Wildman–Crippen MR) is 77.3 cm³/mol. The lowest BCUT2D eigenvalue weighted by Crippen LogP contribution is -1.92. The molecule has 1 aromatic heterocycles. The highest BCUT2D eigenvalue weighted by atomic mass is 79.9. The summed E-state index contributed by atoms with van der Waals surface area (Å²) in [5.74, 6) is -0.392.